The number of fused-ring (bicyclic) bond motifs is 1. The summed E-state index contributed by atoms with van der Waals surface area (Å²) in [5.74, 6) is 0.816. The van der Waals surface area contributed by atoms with Crippen molar-refractivity contribution in [3.05, 3.63) is 53.3 Å². The molecule has 0 saturated heterocycles. The summed E-state index contributed by atoms with van der Waals surface area (Å²) in [6.07, 6.45) is 3.51. The standard InChI is InChI=1S/C19H20N2O4/c1-3-24-16-6-5-13(11-17(16)25-4-2)8-10-21-18(22)14-7-9-20-12-15(14)19(21)23/h5-7,9,11-12H,3-4,8,10H2,1-2H3. The Balaban J connectivity index is 1.73. The monoisotopic (exact) mass is 340 g/mol. The second kappa shape index (κ2) is 7.34. The lowest BCUT2D eigenvalue weighted by atomic mass is 10.1. The molecule has 1 aliphatic heterocycles. The van der Waals surface area contributed by atoms with Crippen molar-refractivity contribution in [3.8, 4) is 11.5 Å². The lowest BCUT2D eigenvalue weighted by Crippen LogP contribution is -2.31. The summed E-state index contributed by atoms with van der Waals surface area (Å²) in [5, 5.41) is 0. The van der Waals surface area contributed by atoms with Crippen molar-refractivity contribution in [1.82, 2.24) is 9.88 Å². The van der Waals surface area contributed by atoms with Crippen LogP contribution in [0, 0.1) is 0 Å². The SMILES string of the molecule is CCOc1ccc(CCN2C(=O)c3ccncc3C2=O)cc1OCC. The number of hydrogen-bond acceptors (Lipinski definition) is 5. The molecule has 1 aliphatic rings. The summed E-state index contributed by atoms with van der Waals surface area (Å²) in [4.78, 5) is 29.9. The van der Waals surface area contributed by atoms with Crippen LogP contribution < -0.4 is 9.47 Å². The fourth-order valence-corrected chi connectivity index (χ4v) is 2.83. The van der Waals surface area contributed by atoms with Crippen molar-refractivity contribution in [2.45, 2.75) is 20.3 Å². The summed E-state index contributed by atoms with van der Waals surface area (Å²) in [5.41, 5.74) is 1.76. The van der Waals surface area contributed by atoms with Crippen molar-refractivity contribution in [2.75, 3.05) is 19.8 Å². The van der Waals surface area contributed by atoms with Crippen molar-refractivity contribution < 1.29 is 19.1 Å². The van der Waals surface area contributed by atoms with Gasteiger partial charge in [-0.05, 0) is 44.0 Å². The molecule has 2 heterocycles. The Hall–Kier alpha value is -2.89. The topological polar surface area (TPSA) is 68.7 Å². The third kappa shape index (κ3) is 3.33. The van der Waals surface area contributed by atoms with E-state index < -0.39 is 0 Å². The van der Waals surface area contributed by atoms with Gasteiger partial charge in [-0.2, -0.15) is 0 Å². The molecule has 6 nitrogen and oxygen atoms in total. The van der Waals surface area contributed by atoms with Gasteiger partial charge in [0.15, 0.2) is 11.5 Å². The molecule has 0 bridgehead atoms. The van der Waals surface area contributed by atoms with E-state index in [-0.39, 0.29) is 11.8 Å². The molecule has 0 radical (unpaired) electrons. The molecule has 0 unspecified atom stereocenters. The van der Waals surface area contributed by atoms with E-state index in [1.807, 2.05) is 32.0 Å². The van der Waals surface area contributed by atoms with Crippen LogP contribution in [0.3, 0.4) is 0 Å². The zero-order valence-electron chi connectivity index (χ0n) is 14.3. The smallest absolute Gasteiger partial charge is 0.263 e. The summed E-state index contributed by atoms with van der Waals surface area (Å²) in [6.45, 7) is 5.24. The third-order valence-corrected chi connectivity index (χ3v) is 4.00. The highest BCUT2D eigenvalue weighted by atomic mass is 16.5. The van der Waals surface area contributed by atoms with Crippen LogP contribution in [-0.4, -0.2) is 41.5 Å². The second-order valence-corrected chi connectivity index (χ2v) is 5.58. The number of hydrogen-bond donors (Lipinski definition) is 0. The maximum Gasteiger partial charge on any atom is 0.263 e. The van der Waals surface area contributed by atoms with E-state index in [4.69, 9.17) is 9.47 Å². The van der Waals surface area contributed by atoms with Crippen LogP contribution in [-0.2, 0) is 6.42 Å². The van der Waals surface area contributed by atoms with Gasteiger partial charge in [0, 0.05) is 18.9 Å². The van der Waals surface area contributed by atoms with E-state index in [9.17, 15) is 9.59 Å². The number of amides is 2. The van der Waals surface area contributed by atoms with Crippen molar-refractivity contribution in [1.29, 1.82) is 0 Å². The van der Waals surface area contributed by atoms with Gasteiger partial charge in [-0.15, -0.1) is 0 Å². The number of imide groups is 1. The molecular weight excluding hydrogens is 320 g/mol. The van der Waals surface area contributed by atoms with E-state index in [2.05, 4.69) is 4.98 Å². The number of benzene rings is 1. The Kier molecular flexibility index (Phi) is 4.97. The highest BCUT2D eigenvalue weighted by Crippen LogP contribution is 2.29. The summed E-state index contributed by atoms with van der Waals surface area (Å²) in [6, 6.07) is 7.26. The van der Waals surface area contributed by atoms with E-state index >= 15 is 0 Å². The van der Waals surface area contributed by atoms with E-state index in [1.54, 1.807) is 6.07 Å². The van der Waals surface area contributed by atoms with Gasteiger partial charge < -0.3 is 9.47 Å². The Bertz CT molecular complexity index is 769. The molecule has 1 aromatic heterocycles. The number of carbonyl (C=O) groups excluding carboxylic acids is 2. The number of rotatable bonds is 7. The van der Waals surface area contributed by atoms with Crippen LogP contribution in [0.4, 0.5) is 0 Å². The number of nitrogens with zero attached hydrogens (tertiary/aromatic N) is 2. The first-order chi connectivity index (χ1) is 12.2. The predicted octanol–water partition coefficient (Wildman–Crippen LogP) is 2.72. The normalized spacial score (nSPS) is 13.1. The molecule has 0 spiro atoms. The molecule has 130 valence electrons. The molecule has 25 heavy (non-hydrogen) atoms. The Morgan fingerprint density at radius 1 is 0.960 bits per heavy atom. The molecule has 0 N–H and O–H groups in total. The maximum atomic E-state index is 12.4. The average Bonchev–Trinajstić information content (AvgIpc) is 2.87. The largest absolute Gasteiger partial charge is 0.490 e. The Labute approximate surface area is 146 Å². The fraction of sp³-hybridized carbons (Fsp3) is 0.316. The molecule has 6 heteroatoms. The van der Waals surface area contributed by atoms with Crippen LogP contribution in [0.1, 0.15) is 40.1 Å². The summed E-state index contributed by atoms with van der Waals surface area (Å²) in [7, 11) is 0. The Morgan fingerprint density at radius 2 is 1.68 bits per heavy atom. The maximum absolute atomic E-state index is 12.4. The number of carbonyl (C=O) groups is 2. The van der Waals surface area contributed by atoms with Crippen LogP contribution in [0.2, 0.25) is 0 Å². The zero-order chi connectivity index (χ0) is 17.8. The molecule has 1 aromatic carbocycles. The second-order valence-electron chi connectivity index (χ2n) is 5.58. The van der Waals surface area contributed by atoms with Crippen LogP contribution in [0.5, 0.6) is 11.5 Å². The minimum Gasteiger partial charge on any atom is -0.490 e. The first-order valence-electron chi connectivity index (χ1n) is 8.34. The van der Waals surface area contributed by atoms with Gasteiger partial charge in [-0.1, -0.05) is 6.07 Å². The van der Waals surface area contributed by atoms with Crippen LogP contribution in [0.15, 0.2) is 36.7 Å². The molecule has 0 fully saturated rings. The molecule has 3 rings (SSSR count). The van der Waals surface area contributed by atoms with Crippen molar-refractivity contribution in [3.63, 3.8) is 0 Å². The average molecular weight is 340 g/mol. The van der Waals surface area contributed by atoms with Crippen molar-refractivity contribution >= 4 is 11.8 Å². The zero-order valence-corrected chi connectivity index (χ0v) is 14.3. The molecule has 0 aliphatic carbocycles. The highest BCUT2D eigenvalue weighted by Gasteiger charge is 2.35. The fourth-order valence-electron chi connectivity index (χ4n) is 2.83. The molecule has 0 saturated carbocycles. The first kappa shape index (κ1) is 17.0. The van der Waals surface area contributed by atoms with E-state index in [1.165, 1.54) is 17.3 Å². The van der Waals surface area contributed by atoms with Gasteiger partial charge in [-0.3, -0.25) is 19.5 Å². The highest BCUT2D eigenvalue weighted by molar-refractivity contribution is 6.21. The van der Waals surface area contributed by atoms with Gasteiger partial charge in [0.1, 0.15) is 0 Å². The van der Waals surface area contributed by atoms with E-state index in [0.717, 1.165) is 5.56 Å². The summed E-state index contributed by atoms with van der Waals surface area (Å²) >= 11 is 0. The number of pyridine rings is 1. The molecule has 0 atom stereocenters. The minimum absolute atomic E-state index is 0.265. The van der Waals surface area contributed by atoms with Gasteiger partial charge in [0.2, 0.25) is 0 Å². The lowest BCUT2D eigenvalue weighted by Gasteiger charge is -2.15. The number of aromatic nitrogens is 1. The molecule has 2 amide bonds. The van der Waals surface area contributed by atoms with Gasteiger partial charge in [0.05, 0.1) is 24.3 Å². The van der Waals surface area contributed by atoms with Gasteiger partial charge in [0.25, 0.3) is 11.8 Å². The molecular formula is C19H20N2O4. The van der Waals surface area contributed by atoms with E-state index in [0.29, 0.717) is 48.8 Å². The number of ether oxygens (including phenoxy) is 2. The molecule has 2 aromatic rings. The van der Waals surface area contributed by atoms with Gasteiger partial charge >= 0.3 is 0 Å². The first-order valence-corrected chi connectivity index (χ1v) is 8.34. The lowest BCUT2D eigenvalue weighted by molar-refractivity contribution is 0.0656. The van der Waals surface area contributed by atoms with Gasteiger partial charge in [-0.25, -0.2) is 0 Å². The minimum atomic E-state index is -0.288. The summed E-state index contributed by atoms with van der Waals surface area (Å²) < 4.78 is 11.2. The van der Waals surface area contributed by atoms with Crippen LogP contribution >= 0.6 is 0 Å². The van der Waals surface area contributed by atoms with Crippen molar-refractivity contribution in [2.24, 2.45) is 0 Å². The third-order valence-electron chi connectivity index (χ3n) is 4.00. The predicted molar refractivity (Wildman–Crippen MR) is 92.1 cm³/mol. The quantitative estimate of drug-likeness (QED) is 0.725. The Morgan fingerprint density at radius 3 is 2.40 bits per heavy atom. The van der Waals surface area contributed by atoms with Crippen LogP contribution in [0.25, 0.3) is 0 Å².